The summed E-state index contributed by atoms with van der Waals surface area (Å²) < 4.78 is 0. The van der Waals surface area contributed by atoms with Gasteiger partial charge in [0.25, 0.3) is 0 Å². The molecular formula is C14H20O. The number of aryl methyl sites for hydroxylation is 1. The van der Waals surface area contributed by atoms with Crippen LogP contribution in [0.1, 0.15) is 50.2 Å². The SMILES string of the molecule is CCCc1ccccc1C1(O)CCCC1. The van der Waals surface area contributed by atoms with E-state index in [1.807, 2.05) is 6.07 Å². The number of benzene rings is 1. The highest BCUT2D eigenvalue weighted by Gasteiger charge is 2.34. The summed E-state index contributed by atoms with van der Waals surface area (Å²) in [6.45, 7) is 2.19. The first-order valence-corrected chi connectivity index (χ1v) is 6.07. The highest BCUT2D eigenvalue weighted by atomic mass is 16.3. The number of rotatable bonds is 3. The Morgan fingerprint density at radius 3 is 2.53 bits per heavy atom. The normalized spacial score (nSPS) is 19.3. The molecule has 1 aliphatic carbocycles. The average Bonchev–Trinajstić information content (AvgIpc) is 2.68. The topological polar surface area (TPSA) is 20.2 Å². The van der Waals surface area contributed by atoms with Crippen molar-refractivity contribution >= 4 is 0 Å². The highest BCUT2D eigenvalue weighted by molar-refractivity contribution is 5.33. The highest BCUT2D eigenvalue weighted by Crippen LogP contribution is 2.40. The Morgan fingerprint density at radius 2 is 1.87 bits per heavy atom. The predicted molar refractivity (Wildman–Crippen MR) is 62.8 cm³/mol. The first-order valence-electron chi connectivity index (χ1n) is 6.07. The molecule has 0 unspecified atom stereocenters. The summed E-state index contributed by atoms with van der Waals surface area (Å²) in [5.41, 5.74) is 2.00. The molecule has 0 radical (unpaired) electrons. The van der Waals surface area contributed by atoms with E-state index in [4.69, 9.17) is 0 Å². The molecule has 1 fully saturated rings. The average molecular weight is 204 g/mol. The fourth-order valence-corrected chi connectivity index (χ4v) is 2.69. The van der Waals surface area contributed by atoms with Gasteiger partial charge in [0.05, 0.1) is 5.60 Å². The Morgan fingerprint density at radius 1 is 1.20 bits per heavy atom. The molecule has 15 heavy (non-hydrogen) atoms. The molecule has 82 valence electrons. The minimum atomic E-state index is -0.522. The third kappa shape index (κ3) is 2.07. The molecule has 0 aliphatic heterocycles. The van der Waals surface area contributed by atoms with Gasteiger partial charge in [-0.15, -0.1) is 0 Å². The molecule has 1 nitrogen and oxygen atoms in total. The molecule has 1 N–H and O–H groups in total. The molecule has 0 bridgehead atoms. The second kappa shape index (κ2) is 4.36. The van der Waals surface area contributed by atoms with E-state index >= 15 is 0 Å². The van der Waals surface area contributed by atoms with Gasteiger partial charge in [-0.1, -0.05) is 50.5 Å². The molecule has 1 aromatic rings. The molecule has 0 heterocycles. The van der Waals surface area contributed by atoms with Crippen molar-refractivity contribution in [2.45, 2.75) is 51.0 Å². The fourth-order valence-electron chi connectivity index (χ4n) is 2.69. The van der Waals surface area contributed by atoms with E-state index in [2.05, 4.69) is 25.1 Å². The summed E-state index contributed by atoms with van der Waals surface area (Å²) in [5.74, 6) is 0. The summed E-state index contributed by atoms with van der Waals surface area (Å²) in [5, 5.41) is 10.6. The van der Waals surface area contributed by atoms with Gasteiger partial charge >= 0.3 is 0 Å². The van der Waals surface area contributed by atoms with Gasteiger partial charge in [0.1, 0.15) is 0 Å². The van der Waals surface area contributed by atoms with Gasteiger partial charge in [0.15, 0.2) is 0 Å². The van der Waals surface area contributed by atoms with Crippen LogP contribution in [0.15, 0.2) is 24.3 Å². The lowest BCUT2D eigenvalue weighted by Gasteiger charge is -2.25. The van der Waals surface area contributed by atoms with Gasteiger partial charge in [0, 0.05) is 0 Å². The fraction of sp³-hybridized carbons (Fsp3) is 0.571. The van der Waals surface area contributed by atoms with E-state index in [0.29, 0.717) is 0 Å². The Kier molecular flexibility index (Phi) is 3.11. The predicted octanol–water partition coefficient (Wildman–Crippen LogP) is 3.40. The molecule has 0 spiro atoms. The zero-order chi connectivity index (χ0) is 10.7. The second-order valence-corrected chi connectivity index (χ2v) is 4.65. The lowest BCUT2D eigenvalue weighted by Crippen LogP contribution is -2.22. The van der Waals surface area contributed by atoms with Crippen LogP contribution in [-0.4, -0.2) is 5.11 Å². The molecule has 1 heteroatoms. The van der Waals surface area contributed by atoms with Crippen molar-refractivity contribution < 1.29 is 5.11 Å². The van der Waals surface area contributed by atoms with Crippen molar-refractivity contribution in [2.75, 3.05) is 0 Å². The summed E-state index contributed by atoms with van der Waals surface area (Å²) in [6, 6.07) is 8.39. The zero-order valence-electron chi connectivity index (χ0n) is 9.50. The van der Waals surface area contributed by atoms with Crippen molar-refractivity contribution in [2.24, 2.45) is 0 Å². The quantitative estimate of drug-likeness (QED) is 0.800. The third-order valence-electron chi connectivity index (χ3n) is 3.47. The molecule has 1 saturated carbocycles. The van der Waals surface area contributed by atoms with Gasteiger partial charge in [-0.3, -0.25) is 0 Å². The molecule has 1 aromatic carbocycles. The molecule has 0 amide bonds. The van der Waals surface area contributed by atoms with E-state index in [-0.39, 0.29) is 0 Å². The Bertz CT molecular complexity index is 324. The first-order chi connectivity index (χ1) is 7.26. The van der Waals surface area contributed by atoms with Crippen LogP contribution in [0.5, 0.6) is 0 Å². The molecule has 0 atom stereocenters. The second-order valence-electron chi connectivity index (χ2n) is 4.65. The van der Waals surface area contributed by atoms with Gasteiger partial charge < -0.3 is 5.11 Å². The van der Waals surface area contributed by atoms with Crippen molar-refractivity contribution in [3.05, 3.63) is 35.4 Å². The Hall–Kier alpha value is -0.820. The van der Waals surface area contributed by atoms with Crippen molar-refractivity contribution in [3.63, 3.8) is 0 Å². The van der Waals surface area contributed by atoms with Crippen molar-refractivity contribution in [3.8, 4) is 0 Å². The molecule has 0 saturated heterocycles. The van der Waals surface area contributed by atoms with Crippen LogP contribution in [0.3, 0.4) is 0 Å². The lowest BCUT2D eigenvalue weighted by molar-refractivity contribution is 0.0435. The summed E-state index contributed by atoms with van der Waals surface area (Å²) in [4.78, 5) is 0. The van der Waals surface area contributed by atoms with Gasteiger partial charge in [-0.25, -0.2) is 0 Å². The maximum atomic E-state index is 10.6. The van der Waals surface area contributed by atoms with Gasteiger partial charge in [-0.2, -0.15) is 0 Å². The van der Waals surface area contributed by atoms with Crippen molar-refractivity contribution in [1.29, 1.82) is 0 Å². The summed E-state index contributed by atoms with van der Waals surface area (Å²) >= 11 is 0. The van der Waals surface area contributed by atoms with Crippen LogP contribution < -0.4 is 0 Å². The smallest absolute Gasteiger partial charge is 0.0899 e. The number of aliphatic hydroxyl groups is 1. The summed E-state index contributed by atoms with van der Waals surface area (Å²) in [7, 11) is 0. The van der Waals surface area contributed by atoms with Gasteiger partial charge in [-0.05, 0) is 30.4 Å². The largest absolute Gasteiger partial charge is 0.385 e. The van der Waals surface area contributed by atoms with Crippen LogP contribution in [0.25, 0.3) is 0 Å². The number of hydrogen-bond acceptors (Lipinski definition) is 1. The standard InChI is InChI=1S/C14H20O/c1-2-7-12-8-3-4-9-13(12)14(15)10-5-6-11-14/h3-4,8-9,15H,2,5-7,10-11H2,1H3. The monoisotopic (exact) mass is 204 g/mol. The van der Waals surface area contributed by atoms with Crippen LogP contribution in [0, 0.1) is 0 Å². The molecular weight excluding hydrogens is 184 g/mol. The number of hydrogen-bond donors (Lipinski definition) is 1. The maximum absolute atomic E-state index is 10.6. The Balaban J connectivity index is 2.33. The Labute approximate surface area is 92.1 Å². The van der Waals surface area contributed by atoms with Crippen molar-refractivity contribution in [1.82, 2.24) is 0 Å². The minimum Gasteiger partial charge on any atom is -0.385 e. The van der Waals surface area contributed by atoms with E-state index in [1.54, 1.807) is 0 Å². The maximum Gasteiger partial charge on any atom is 0.0899 e. The lowest BCUT2D eigenvalue weighted by atomic mass is 9.87. The minimum absolute atomic E-state index is 0.522. The van der Waals surface area contributed by atoms with Crippen LogP contribution in [0.4, 0.5) is 0 Å². The molecule has 1 aliphatic rings. The zero-order valence-corrected chi connectivity index (χ0v) is 9.50. The van der Waals surface area contributed by atoms with Gasteiger partial charge in [0.2, 0.25) is 0 Å². The molecule has 2 rings (SSSR count). The van der Waals surface area contributed by atoms with E-state index in [1.165, 1.54) is 11.1 Å². The van der Waals surface area contributed by atoms with E-state index < -0.39 is 5.60 Å². The van der Waals surface area contributed by atoms with Crippen LogP contribution in [0.2, 0.25) is 0 Å². The van der Waals surface area contributed by atoms with Crippen LogP contribution >= 0.6 is 0 Å². The van der Waals surface area contributed by atoms with E-state index in [0.717, 1.165) is 38.5 Å². The molecule has 0 aromatic heterocycles. The van der Waals surface area contributed by atoms with E-state index in [9.17, 15) is 5.11 Å². The summed E-state index contributed by atoms with van der Waals surface area (Å²) in [6.07, 6.45) is 6.43. The van der Waals surface area contributed by atoms with Crippen LogP contribution in [-0.2, 0) is 12.0 Å². The third-order valence-corrected chi connectivity index (χ3v) is 3.47. The first kappa shape index (κ1) is 10.7.